The molecule has 0 aromatic carbocycles. The first-order valence-electron chi connectivity index (χ1n) is 9.82. The molecule has 0 spiro atoms. The van der Waals surface area contributed by atoms with Crippen LogP contribution in [0.1, 0.15) is 67.7 Å². The van der Waals surface area contributed by atoms with Crippen molar-refractivity contribution in [2.24, 2.45) is 0 Å². The number of nitrogens with zero attached hydrogens (tertiary/aromatic N) is 3. The van der Waals surface area contributed by atoms with E-state index in [1.54, 1.807) is 0 Å². The first-order chi connectivity index (χ1) is 11.8. The summed E-state index contributed by atoms with van der Waals surface area (Å²) < 4.78 is 4.23. The van der Waals surface area contributed by atoms with Gasteiger partial charge in [-0.15, -0.1) is 0 Å². The minimum absolute atomic E-state index is 0.308. The minimum atomic E-state index is -2.31. The van der Waals surface area contributed by atoms with E-state index in [9.17, 15) is 0 Å². The second-order valence-electron chi connectivity index (χ2n) is 7.40. The molecule has 0 aliphatic heterocycles. The van der Waals surface area contributed by atoms with Crippen molar-refractivity contribution in [1.29, 1.82) is 0 Å². The van der Waals surface area contributed by atoms with Crippen molar-refractivity contribution in [3.63, 3.8) is 0 Å². The van der Waals surface area contributed by atoms with Gasteiger partial charge in [0.1, 0.15) is 0 Å². The van der Waals surface area contributed by atoms with Gasteiger partial charge in [0.2, 0.25) is 0 Å². The molecule has 5 nitrogen and oxygen atoms in total. The van der Waals surface area contributed by atoms with E-state index < -0.39 is 17.0 Å². The zero-order valence-electron chi connectivity index (χ0n) is 17.1. The Labute approximate surface area is 161 Å². The predicted molar refractivity (Wildman–Crippen MR) is 114 cm³/mol. The van der Waals surface area contributed by atoms with Crippen molar-refractivity contribution < 1.29 is 0 Å². The molecule has 0 saturated carbocycles. The van der Waals surface area contributed by atoms with Crippen LogP contribution >= 0.6 is 8.95 Å². The van der Waals surface area contributed by atoms with Crippen LogP contribution < -0.4 is 10.6 Å². The van der Waals surface area contributed by atoms with Gasteiger partial charge in [-0.25, -0.2) is 0 Å². The van der Waals surface area contributed by atoms with Crippen LogP contribution in [0.2, 0.25) is 13.3 Å². The number of nitrogens with one attached hydrogen (secondary N) is 2. The summed E-state index contributed by atoms with van der Waals surface area (Å²) in [4.78, 5) is 14.1. The first-order valence-corrected chi connectivity index (χ1v) is 20.2. The molecule has 2 N–H and O–H groups in total. The number of hydrogen-bond donors (Lipinski definition) is 2. The van der Waals surface area contributed by atoms with Crippen molar-refractivity contribution in [3.05, 3.63) is 0 Å². The van der Waals surface area contributed by atoms with Gasteiger partial charge >= 0.3 is 162 Å². The summed E-state index contributed by atoms with van der Waals surface area (Å²) in [6.07, 6.45) is 3.84. The molecule has 0 aliphatic rings. The van der Waals surface area contributed by atoms with E-state index >= 15 is 0 Å². The van der Waals surface area contributed by atoms with E-state index in [2.05, 4.69) is 73.0 Å². The predicted octanol–water partition coefficient (Wildman–Crippen LogP) is 5.78. The third-order valence-electron chi connectivity index (χ3n) is 3.88. The third kappa shape index (κ3) is 8.32. The first kappa shape index (κ1) is 22.8. The maximum atomic E-state index is 4.75. The topological polar surface area (TPSA) is 62.7 Å². The SMILES string of the molecule is CC[CH2][Sn]([CH2]CC)([CH2]CC)[S]c1nc(NC(C)C)nc(NC(C)C)n1. The van der Waals surface area contributed by atoms with Crippen LogP contribution in [-0.2, 0) is 0 Å². The molecule has 0 aliphatic carbocycles. The molecule has 1 aromatic rings. The van der Waals surface area contributed by atoms with E-state index in [-0.39, 0.29) is 0 Å². The van der Waals surface area contributed by atoms with E-state index in [0.717, 1.165) is 5.16 Å². The summed E-state index contributed by atoms with van der Waals surface area (Å²) in [5.41, 5.74) is 0. The number of aromatic nitrogens is 3. The van der Waals surface area contributed by atoms with E-state index in [1.165, 1.54) is 32.6 Å². The quantitative estimate of drug-likeness (QED) is 0.375. The van der Waals surface area contributed by atoms with Crippen LogP contribution in [-0.4, -0.2) is 44.0 Å². The third-order valence-corrected chi connectivity index (χ3v) is 26.1. The summed E-state index contributed by atoms with van der Waals surface area (Å²) in [6, 6.07) is 0.615. The fourth-order valence-corrected chi connectivity index (χ4v) is 24.9. The van der Waals surface area contributed by atoms with Crippen LogP contribution in [0.5, 0.6) is 0 Å². The van der Waals surface area contributed by atoms with Crippen LogP contribution in [0, 0.1) is 0 Å². The van der Waals surface area contributed by atoms with Crippen LogP contribution in [0.25, 0.3) is 0 Å². The van der Waals surface area contributed by atoms with Gasteiger partial charge in [-0.2, -0.15) is 0 Å². The molecule has 144 valence electrons. The average molecular weight is 474 g/mol. The van der Waals surface area contributed by atoms with Crippen molar-refractivity contribution >= 4 is 37.8 Å². The standard InChI is InChI=1S/C9H17N5S.3C3H7.Sn/c1-5(2)10-7-12-8(11-6(3)4)14-9(15)13-7;3*1-3-2;/h5-6H,1-4H3,(H3,10,11,12,13,14,15);3*1,3H2,2H3;/q;;;;+1/p-1. The Morgan fingerprint density at radius 2 is 1.16 bits per heavy atom. The van der Waals surface area contributed by atoms with Crippen LogP contribution in [0.4, 0.5) is 11.9 Å². The molecule has 0 bridgehead atoms. The zero-order valence-corrected chi connectivity index (χ0v) is 20.8. The average Bonchev–Trinajstić information content (AvgIpc) is 2.46. The van der Waals surface area contributed by atoms with Gasteiger partial charge in [0.25, 0.3) is 0 Å². The molecule has 0 atom stereocenters. The Morgan fingerprint density at radius 3 is 1.48 bits per heavy atom. The Morgan fingerprint density at radius 1 is 0.760 bits per heavy atom. The van der Waals surface area contributed by atoms with Crippen LogP contribution in [0.3, 0.4) is 0 Å². The summed E-state index contributed by atoms with van der Waals surface area (Å²) in [5.74, 6) is 1.39. The Kier molecular flexibility index (Phi) is 10.5. The van der Waals surface area contributed by atoms with Gasteiger partial charge in [0, 0.05) is 0 Å². The van der Waals surface area contributed by atoms with Gasteiger partial charge < -0.3 is 0 Å². The van der Waals surface area contributed by atoms with Gasteiger partial charge in [0.15, 0.2) is 0 Å². The maximum absolute atomic E-state index is 4.75. The van der Waals surface area contributed by atoms with Gasteiger partial charge in [0.05, 0.1) is 0 Å². The molecular weight excluding hydrogens is 437 g/mol. The number of hydrogen-bond acceptors (Lipinski definition) is 6. The molecule has 0 unspecified atom stereocenters. The zero-order chi connectivity index (χ0) is 18.9. The molecule has 0 amide bonds. The van der Waals surface area contributed by atoms with Gasteiger partial charge in [-0.3, -0.25) is 0 Å². The fourth-order valence-electron chi connectivity index (χ4n) is 3.14. The number of anilines is 2. The van der Waals surface area contributed by atoms with Crippen molar-refractivity contribution in [2.45, 2.75) is 98.3 Å². The van der Waals surface area contributed by atoms with E-state index in [4.69, 9.17) is 9.97 Å². The summed E-state index contributed by atoms with van der Waals surface area (Å²) in [5, 5.41) is 7.62. The molecule has 0 saturated heterocycles. The monoisotopic (exact) mass is 475 g/mol. The Bertz CT molecular complexity index is 465. The molecule has 1 rings (SSSR count). The molecule has 1 heterocycles. The second-order valence-corrected chi connectivity index (χ2v) is 26.6. The van der Waals surface area contributed by atoms with Gasteiger partial charge in [-0.1, -0.05) is 0 Å². The normalized spacial score (nSPS) is 12.0. The van der Waals surface area contributed by atoms with Crippen LogP contribution in [0.15, 0.2) is 5.16 Å². The molecular formula is C18H37N5SSn. The molecule has 25 heavy (non-hydrogen) atoms. The molecule has 0 fully saturated rings. The summed E-state index contributed by atoms with van der Waals surface area (Å²) >= 11 is -2.31. The van der Waals surface area contributed by atoms with E-state index in [0.29, 0.717) is 24.0 Å². The number of rotatable bonds is 12. The van der Waals surface area contributed by atoms with Crippen molar-refractivity contribution in [3.8, 4) is 0 Å². The summed E-state index contributed by atoms with van der Waals surface area (Å²) in [7, 11) is 2.06. The molecule has 1 aromatic heterocycles. The van der Waals surface area contributed by atoms with Crippen molar-refractivity contribution in [2.75, 3.05) is 10.6 Å². The molecule has 7 heteroatoms. The summed E-state index contributed by atoms with van der Waals surface area (Å²) in [6.45, 7) is 15.4. The molecule has 0 radical (unpaired) electrons. The Hall–Kier alpha value is -0.241. The van der Waals surface area contributed by atoms with Gasteiger partial charge in [-0.05, 0) is 0 Å². The fraction of sp³-hybridized carbons (Fsp3) is 0.833. The second kappa shape index (κ2) is 11.5. The van der Waals surface area contributed by atoms with Crippen molar-refractivity contribution in [1.82, 2.24) is 15.0 Å². The van der Waals surface area contributed by atoms with E-state index in [1.807, 2.05) is 0 Å². The Balaban J connectivity index is 3.16.